The van der Waals surface area contributed by atoms with Gasteiger partial charge in [-0.1, -0.05) is 20.8 Å². The summed E-state index contributed by atoms with van der Waals surface area (Å²) < 4.78 is 0. The van der Waals surface area contributed by atoms with Gasteiger partial charge in [-0.3, -0.25) is 0 Å². The third kappa shape index (κ3) is 6.81. The highest BCUT2D eigenvalue weighted by Crippen LogP contribution is 2.06. The van der Waals surface area contributed by atoms with Crippen LogP contribution in [0.3, 0.4) is 0 Å². The van der Waals surface area contributed by atoms with Crippen LogP contribution < -0.4 is 5.32 Å². The summed E-state index contributed by atoms with van der Waals surface area (Å²) in [5.41, 5.74) is 0. The Bertz CT molecular complexity index is 206. The Hall–Kier alpha value is -0.590. The minimum atomic E-state index is -0.00147. The van der Waals surface area contributed by atoms with Gasteiger partial charge in [-0.2, -0.15) is 5.26 Å². The molecule has 0 heterocycles. The van der Waals surface area contributed by atoms with Gasteiger partial charge in [0.15, 0.2) is 0 Å². The van der Waals surface area contributed by atoms with Crippen LogP contribution in [0.5, 0.6) is 0 Å². The SMILES string of the molecule is CCNC(C#N)CCN(CC(C)C)C(C)C. The van der Waals surface area contributed by atoms with E-state index in [9.17, 15) is 0 Å². The molecule has 0 amide bonds. The molecule has 0 aromatic heterocycles. The zero-order valence-corrected chi connectivity index (χ0v) is 11.5. The predicted octanol–water partition coefficient (Wildman–Crippen LogP) is 2.24. The van der Waals surface area contributed by atoms with Gasteiger partial charge in [0.1, 0.15) is 0 Å². The van der Waals surface area contributed by atoms with Crippen LogP contribution in [0.25, 0.3) is 0 Å². The fourth-order valence-electron chi connectivity index (χ4n) is 1.78. The molecule has 0 aromatic rings. The zero-order valence-electron chi connectivity index (χ0n) is 11.5. The molecule has 1 atom stereocenters. The maximum absolute atomic E-state index is 8.96. The van der Waals surface area contributed by atoms with E-state index < -0.39 is 0 Å². The van der Waals surface area contributed by atoms with E-state index in [2.05, 4.69) is 44.0 Å². The van der Waals surface area contributed by atoms with Crippen molar-refractivity contribution in [2.75, 3.05) is 19.6 Å². The molecular weight excluding hydrogens is 198 g/mol. The fourth-order valence-corrected chi connectivity index (χ4v) is 1.78. The quantitative estimate of drug-likeness (QED) is 0.688. The summed E-state index contributed by atoms with van der Waals surface area (Å²) in [7, 11) is 0. The minimum Gasteiger partial charge on any atom is -0.302 e. The van der Waals surface area contributed by atoms with E-state index in [0.29, 0.717) is 12.0 Å². The van der Waals surface area contributed by atoms with Crippen LogP contribution in [0.4, 0.5) is 0 Å². The first kappa shape index (κ1) is 15.4. The lowest BCUT2D eigenvalue weighted by molar-refractivity contribution is 0.191. The first-order valence-corrected chi connectivity index (χ1v) is 6.38. The molecule has 1 N–H and O–H groups in total. The van der Waals surface area contributed by atoms with Crippen molar-refractivity contribution in [3.63, 3.8) is 0 Å². The number of nitrogens with zero attached hydrogens (tertiary/aromatic N) is 2. The zero-order chi connectivity index (χ0) is 12.6. The normalized spacial score (nSPS) is 13.4. The van der Waals surface area contributed by atoms with Crippen LogP contribution in [-0.4, -0.2) is 36.6 Å². The van der Waals surface area contributed by atoms with Crippen LogP contribution in [0, 0.1) is 17.2 Å². The van der Waals surface area contributed by atoms with Crippen molar-refractivity contribution in [3.8, 4) is 6.07 Å². The molecule has 3 heteroatoms. The van der Waals surface area contributed by atoms with Crippen molar-refractivity contribution in [2.45, 2.75) is 53.1 Å². The third-order valence-electron chi connectivity index (χ3n) is 2.64. The first-order valence-electron chi connectivity index (χ1n) is 6.38. The molecule has 0 bridgehead atoms. The first-order chi connectivity index (χ1) is 7.51. The molecule has 94 valence electrons. The summed E-state index contributed by atoms with van der Waals surface area (Å²) in [4.78, 5) is 2.45. The van der Waals surface area contributed by atoms with E-state index in [-0.39, 0.29) is 6.04 Å². The predicted molar refractivity (Wildman–Crippen MR) is 69.2 cm³/mol. The molecule has 0 aliphatic carbocycles. The van der Waals surface area contributed by atoms with Crippen molar-refractivity contribution < 1.29 is 0 Å². The molecule has 0 saturated heterocycles. The van der Waals surface area contributed by atoms with Crippen molar-refractivity contribution in [3.05, 3.63) is 0 Å². The monoisotopic (exact) mass is 225 g/mol. The van der Waals surface area contributed by atoms with E-state index in [4.69, 9.17) is 5.26 Å². The Morgan fingerprint density at radius 1 is 1.25 bits per heavy atom. The topological polar surface area (TPSA) is 39.1 Å². The Morgan fingerprint density at radius 2 is 1.88 bits per heavy atom. The summed E-state index contributed by atoms with van der Waals surface area (Å²) in [6.07, 6.45) is 0.912. The van der Waals surface area contributed by atoms with Crippen LogP contribution in [0.1, 0.15) is 41.0 Å². The lowest BCUT2D eigenvalue weighted by Crippen LogP contribution is -2.38. The molecule has 0 spiro atoms. The number of hydrogen-bond donors (Lipinski definition) is 1. The van der Waals surface area contributed by atoms with Gasteiger partial charge in [-0.05, 0) is 32.7 Å². The van der Waals surface area contributed by atoms with Gasteiger partial charge in [0.05, 0.1) is 12.1 Å². The molecule has 0 saturated carbocycles. The van der Waals surface area contributed by atoms with Gasteiger partial charge < -0.3 is 10.2 Å². The lowest BCUT2D eigenvalue weighted by atomic mass is 10.1. The number of hydrogen-bond acceptors (Lipinski definition) is 3. The van der Waals surface area contributed by atoms with Gasteiger partial charge in [0.25, 0.3) is 0 Å². The Kier molecular flexibility index (Phi) is 8.23. The molecule has 0 rings (SSSR count). The van der Waals surface area contributed by atoms with E-state index in [1.165, 1.54) is 0 Å². The Labute approximate surface area is 101 Å². The number of rotatable bonds is 8. The van der Waals surface area contributed by atoms with Gasteiger partial charge in [0, 0.05) is 19.1 Å². The highest BCUT2D eigenvalue weighted by Gasteiger charge is 2.13. The van der Waals surface area contributed by atoms with Crippen LogP contribution in [0.15, 0.2) is 0 Å². The Morgan fingerprint density at radius 3 is 2.25 bits per heavy atom. The summed E-state index contributed by atoms with van der Waals surface area (Å²) in [6.45, 7) is 13.9. The van der Waals surface area contributed by atoms with Crippen LogP contribution in [0.2, 0.25) is 0 Å². The minimum absolute atomic E-state index is 0.00147. The molecule has 1 unspecified atom stereocenters. The van der Waals surface area contributed by atoms with E-state index in [1.807, 2.05) is 6.92 Å². The maximum Gasteiger partial charge on any atom is 0.0965 e. The summed E-state index contributed by atoms with van der Waals surface area (Å²) in [5.74, 6) is 0.682. The van der Waals surface area contributed by atoms with Crippen molar-refractivity contribution in [1.29, 1.82) is 5.26 Å². The Balaban J connectivity index is 4.05. The standard InChI is InChI=1S/C13H27N3/c1-6-15-13(9-14)7-8-16(12(4)5)10-11(2)3/h11-13,15H,6-8,10H2,1-5H3. The molecule has 16 heavy (non-hydrogen) atoms. The van der Waals surface area contributed by atoms with Crippen molar-refractivity contribution in [1.82, 2.24) is 10.2 Å². The largest absolute Gasteiger partial charge is 0.302 e. The van der Waals surface area contributed by atoms with Crippen molar-refractivity contribution in [2.24, 2.45) is 5.92 Å². The highest BCUT2D eigenvalue weighted by atomic mass is 15.1. The van der Waals surface area contributed by atoms with Crippen molar-refractivity contribution >= 4 is 0 Å². The molecule has 0 fully saturated rings. The summed E-state index contributed by atoms with van der Waals surface area (Å²) in [6, 6.07) is 2.87. The average Bonchev–Trinajstić information content (AvgIpc) is 2.21. The van der Waals surface area contributed by atoms with Crippen LogP contribution in [-0.2, 0) is 0 Å². The van der Waals surface area contributed by atoms with E-state index in [0.717, 1.165) is 26.1 Å². The molecule has 0 aliphatic rings. The van der Waals surface area contributed by atoms with Gasteiger partial charge in [-0.25, -0.2) is 0 Å². The second-order valence-electron chi connectivity index (χ2n) is 5.01. The second-order valence-corrected chi connectivity index (χ2v) is 5.01. The van der Waals surface area contributed by atoms with Crippen LogP contribution >= 0.6 is 0 Å². The van der Waals surface area contributed by atoms with Gasteiger partial charge in [0.2, 0.25) is 0 Å². The smallest absolute Gasteiger partial charge is 0.0965 e. The molecule has 3 nitrogen and oxygen atoms in total. The van der Waals surface area contributed by atoms with E-state index >= 15 is 0 Å². The second kappa shape index (κ2) is 8.55. The lowest BCUT2D eigenvalue weighted by Gasteiger charge is -2.29. The average molecular weight is 225 g/mol. The third-order valence-corrected chi connectivity index (χ3v) is 2.64. The molecule has 0 aromatic carbocycles. The fraction of sp³-hybridized carbons (Fsp3) is 0.923. The van der Waals surface area contributed by atoms with E-state index in [1.54, 1.807) is 0 Å². The summed E-state index contributed by atoms with van der Waals surface area (Å²) >= 11 is 0. The number of nitrogens with one attached hydrogen (secondary N) is 1. The highest BCUT2D eigenvalue weighted by molar-refractivity contribution is 4.90. The summed E-state index contributed by atoms with van der Waals surface area (Å²) in [5, 5.41) is 12.2. The molecule has 0 radical (unpaired) electrons. The van der Waals surface area contributed by atoms with Gasteiger partial charge in [-0.15, -0.1) is 0 Å². The number of nitriles is 1. The van der Waals surface area contributed by atoms with Gasteiger partial charge >= 0.3 is 0 Å². The maximum atomic E-state index is 8.96. The molecule has 0 aliphatic heterocycles. The molecular formula is C13H27N3.